The molecule has 0 bridgehead atoms. The Balaban J connectivity index is 1.91. The second kappa shape index (κ2) is 9.25. The van der Waals surface area contributed by atoms with Gasteiger partial charge in [-0.1, -0.05) is 31.5 Å². The average Bonchev–Trinajstić information content (AvgIpc) is 2.58. The molecular formula is C20H24ClN3O2. The molecule has 0 aliphatic rings. The highest BCUT2D eigenvalue weighted by atomic mass is 35.5. The van der Waals surface area contributed by atoms with Crippen molar-refractivity contribution in [1.82, 2.24) is 5.32 Å². The van der Waals surface area contributed by atoms with Crippen LogP contribution in [0.15, 0.2) is 42.5 Å². The summed E-state index contributed by atoms with van der Waals surface area (Å²) in [5.74, 6) is 0.136. The van der Waals surface area contributed by atoms with Gasteiger partial charge in [0.25, 0.3) is 5.91 Å². The smallest absolute Gasteiger partial charge is 0.251 e. The van der Waals surface area contributed by atoms with Crippen LogP contribution in [0.4, 0.5) is 11.4 Å². The summed E-state index contributed by atoms with van der Waals surface area (Å²) in [4.78, 5) is 24.2. The van der Waals surface area contributed by atoms with Crippen molar-refractivity contribution in [1.29, 1.82) is 0 Å². The maximum Gasteiger partial charge on any atom is 0.251 e. The van der Waals surface area contributed by atoms with Crippen LogP contribution in [0.1, 0.15) is 29.8 Å². The fraction of sp³-hybridized carbons (Fsp3) is 0.300. The van der Waals surface area contributed by atoms with Crippen molar-refractivity contribution in [3.05, 3.63) is 58.6 Å². The molecule has 0 saturated heterocycles. The summed E-state index contributed by atoms with van der Waals surface area (Å²) in [5.41, 5.74) is 2.97. The third kappa shape index (κ3) is 6.08. The van der Waals surface area contributed by atoms with E-state index in [-0.39, 0.29) is 18.4 Å². The van der Waals surface area contributed by atoms with E-state index in [1.165, 1.54) is 0 Å². The van der Waals surface area contributed by atoms with Crippen LogP contribution in [0.2, 0.25) is 5.02 Å². The molecule has 0 aromatic heterocycles. The first-order valence-corrected chi connectivity index (χ1v) is 8.91. The third-order valence-corrected chi connectivity index (χ3v) is 3.94. The lowest BCUT2D eigenvalue weighted by Gasteiger charge is -2.12. The van der Waals surface area contributed by atoms with Crippen molar-refractivity contribution in [2.24, 2.45) is 5.92 Å². The largest absolute Gasteiger partial charge is 0.376 e. The van der Waals surface area contributed by atoms with Gasteiger partial charge in [0, 0.05) is 28.5 Å². The fourth-order valence-corrected chi connectivity index (χ4v) is 2.54. The summed E-state index contributed by atoms with van der Waals surface area (Å²) in [5, 5.41) is 9.33. The Kier molecular flexibility index (Phi) is 7.04. The number of anilines is 2. The Morgan fingerprint density at radius 2 is 1.88 bits per heavy atom. The lowest BCUT2D eigenvalue weighted by atomic mass is 10.1. The predicted octanol–water partition coefficient (Wildman–Crippen LogP) is 4.08. The summed E-state index contributed by atoms with van der Waals surface area (Å²) < 4.78 is 0. The first-order valence-electron chi connectivity index (χ1n) is 8.53. The number of hydrogen-bond acceptors (Lipinski definition) is 3. The van der Waals surface area contributed by atoms with Gasteiger partial charge in [0.05, 0.1) is 6.54 Å². The van der Waals surface area contributed by atoms with Gasteiger partial charge in [-0.05, 0) is 54.8 Å². The lowest BCUT2D eigenvalue weighted by molar-refractivity contribution is -0.114. The summed E-state index contributed by atoms with van der Waals surface area (Å²) in [6, 6.07) is 12.4. The van der Waals surface area contributed by atoms with Crippen molar-refractivity contribution in [3.8, 4) is 0 Å². The van der Waals surface area contributed by atoms with Crippen LogP contribution in [-0.4, -0.2) is 24.9 Å². The molecule has 138 valence electrons. The molecule has 0 saturated carbocycles. The molecule has 5 nitrogen and oxygen atoms in total. The van der Waals surface area contributed by atoms with E-state index in [0.717, 1.165) is 11.3 Å². The monoisotopic (exact) mass is 373 g/mol. The number of rotatable bonds is 7. The van der Waals surface area contributed by atoms with Gasteiger partial charge in [0.15, 0.2) is 0 Å². The Hall–Kier alpha value is -2.53. The molecule has 0 unspecified atom stereocenters. The second-order valence-corrected chi connectivity index (χ2v) is 6.98. The summed E-state index contributed by atoms with van der Waals surface area (Å²) >= 11 is 5.90. The molecule has 2 aromatic rings. The van der Waals surface area contributed by atoms with Crippen LogP contribution >= 0.6 is 11.6 Å². The number of aryl methyl sites for hydroxylation is 1. The standard InChI is InChI=1S/C20H24ClN3O2/c1-13(2)11-23-20(26)15-7-8-18(14(3)9-15)22-12-19(25)24-17-6-4-5-16(21)10-17/h4-10,13,22H,11-12H2,1-3H3,(H,23,26)(H,24,25). The van der Waals surface area contributed by atoms with Gasteiger partial charge < -0.3 is 16.0 Å². The van der Waals surface area contributed by atoms with E-state index in [1.54, 1.807) is 30.3 Å². The van der Waals surface area contributed by atoms with E-state index in [1.807, 2.05) is 32.9 Å². The number of hydrogen-bond donors (Lipinski definition) is 3. The lowest BCUT2D eigenvalue weighted by Crippen LogP contribution is -2.27. The first-order chi connectivity index (χ1) is 12.3. The van der Waals surface area contributed by atoms with Gasteiger partial charge in [-0.15, -0.1) is 0 Å². The van der Waals surface area contributed by atoms with Gasteiger partial charge in [-0.3, -0.25) is 9.59 Å². The molecule has 2 amide bonds. The first kappa shape index (κ1) is 19.8. The second-order valence-electron chi connectivity index (χ2n) is 6.55. The Morgan fingerprint density at radius 1 is 1.12 bits per heavy atom. The topological polar surface area (TPSA) is 70.2 Å². The average molecular weight is 374 g/mol. The summed E-state index contributed by atoms with van der Waals surface area (Å²) in [6.07, 6.45) is 0. The zero-order valence-corrected chi connectivity index (χ0v) is 16.0. The molecule has 2 rings (SSSR count). The van der Waals surface area contributed by atoms with Crippen LogP contribution in [0.25, 0.3) is 0 Å². The van der Waals surface area contributed by atoms with Gasteiger partial charge >= 0.3 is 0 Å². The van der Waals surface area contributed by atoms with E-state index in [4.69, 9.17) is 11.6 Å². The van der Waals surface area contributed by atoms with Crippen LogP contribution in [0.5, 0.6) is 0 Å². The zero-order chi connectivity index (χ0) is 19.1. The van der Waals surface area contributed by atoms with E-state index >= 15 is 0 Å². The quantitative estimate of drug-likeness (QED) is 0.684. The molecule has 0 atom stereocenters. The van der Waals surface area contributed by atoms with Crippen molar-refractivity contribution in [2.45, 2.75) is 20.8 Å². The minimum absolute atomic E-state index is 0.0907. The molecule has 26 heavy (non-hydrogen) atoms. The number of carbonyl (C=O) groups is 2. The molecule has 3 N–H and O–H groups in total. The highest BCUT2D eigenvalue weighted by Crippen LogP contribution is 2.17. The number of nitrogens with one attached hydrogen (secondary N) is 3. The van der Waals surface area contributed by atoms with Crippen molar-refractivity contribution < 1.29 is 9.59 Å². The third-order valence-electron chi connectivity index (χ3n) is 3.71. The molecule has 0 aliphatic carbocycles. The summed E-state index contributed by atoms with van der Waals surface area (Å²) in [7, 11) is 0. The Labute approximate surface area is 159 Å². The van der Waals surface area contributed by atoms with Gasteiger partial charge in [0.2, 0.25) is 5.91 Å². The van der Waals surface area contributed by atoms with Gasteiger partial charge in [-0.25, -0.2) is 0 Å². The van der Waals surface area contributed by atoms with Crippen LogP contribution in [-0.2, 0) is 4.79 Å². The van der Waals surface area contributed by atoms with Gasteiger partial charge in [0.1, 0.15) is 0 Å². The van der Waals surface area contributed by atoms with E-state index in [9.17, 15) is 9.59 Å². The molecule has 0 aliphatic heterocycles. The molecular weight excluding hydrogens is 350 g/mol. The zero-order valence-electron chi connectivity index (χ0n) is 15.2. The highest BCUT2D eigenvalue weighted by Gasteiger charge is 2.09. The summed E-state index contributed by atoms with van der Waals surface area (Å²) in [6.45, 7) is 6.75. The normalized spacial score (nSPS) is 10.5. The van der Waals surface area contributed by atoms with E-state index < -0.39 is 0 Å². The molecule has 0 heterocycles. The van der Waals surface area contributed by atoms with Crippen molar-refractivity contribution in [2.75, 3.05) is 23.7 Å². The predicted molar refractivity (Wildman–Crippen MR) is 107 cm³/mol. The number of halogens is 1. The molecule has 0 fully saturated rings. The Morgan fingerprint density at radius 3 is 2.54 bits per heavy atom. The van der Waals surface area contributed by atoms with E-state index in [2.05, 4.69) is 16.0 Å². The van der Waals surface area contributed by atoms with Crippen LogP contribution < -0.4 is 16.0 Å². The van der Waals surface area contributed by atoms with Crippen molar-refractivity contribution >= 4 is 34.8 Å². The molecule has 0 spiro atoms. The van der Waals surface area contributed by atoms with E-state index in [0.29, 0.717) is 28.7 Å². The van der Waals surface area contributed by atoms with Crippen LogP contribution in [0, 0.1) is 12.8 Å². The van der Waals surface area contributed by atoms with Crippen molar-refractivity contribution in [3.63, 3.8) is 0 Å². The number of carbonyl (C=O) groups excluding carboxylic acids is 2. The van der Waals surface area contributed by atoms with Crippen LogP contribution in [0.3, 0.4) is 0 Å². The molecule has 0 radical (unpaired) electrons. The number of amides is 2. The molecule has 2 aromatic carbocycles. The number of benzene rings is 2. The maximum atomic E-state index is 12.1. The van der Waals surface area contributed by atoms with Gasteiger partial charge in [-0.2, -0.15) is 0 Å². The maximum absolute atomic E-state index is 12.1. The Bertz CT molecular complexity index is 790. The minimum atomic E-state index is -0.176. The minimum Gasteiger partial charge on any atom is -0.376 e. The SMILES string of the molecule is Cc1cc(C(=O)NCC(C)C)ccc1NCC(=O)Nc1cccc(Cl)c1. The molecule has 6 heteroatoms. The fourth-order valence-electron chi connectivity index (χ4n) is 2.35. The highest BCUT2D eigenvalue weighted by molar-refractivity contribution is 6.30.